The summed E-state index contributed by atoms with van der Waals surface area (Å²) in [6.45, 7) is 11.8. The van der Waals surface area contributed by atoms with E-state index in [4.69, 9.17) is 4.74 Å². The molecule has 0 spiro atoms. The number of benzene rings is 1. The summed E-state index contributed by atoms with van der Waals surface area (Å²) in [6.07, 6.45) is 2.49. The molecule has 1 aromatic rings. The Morgan fingerprint density at radius 1 is 1.17 bits per heavy atom. The lowest BCUT2D eigenvalue weighted by Crippen LogP contribution is -2.20. The zero-order chi connectivity index (χ0) is 13.4. The average Bonchev–Trinajstić information content (AvgIpc) is 2.38. The van der Waals surface area contributed by atoms with Crippen LogP contribution in [0.2, 0.25) is 0 Å². The highest BCUT2D eigenvalue weighted by atomic mass is 16.5. The maximum absolute atomic E-state index is 5.09. The molecule has 0 amide bonds. The maximum Gasteiger partial charge on any atom is 0.0885 e. The monoisotopic (exact) mass is 247 g/mol. The minimum absolute atomic E-state index is 0.384. The van der Waals surface area contributed by atoms with Crippen LogP contribution in [0.15, 0.2) is 37.1 Å². The normalized spacial score (nSPS) is 12.4. The Bertz CT molecular complexity index is 343. The van der Waals surface area contributed by atoms with E-state index in [1.807, 2.05) is 0 Å². The van der Waals surface area contributed by atoms with Crippen molar-refractivity contribution in [1.82, 2.24) is 5.32 Å². The quantitative estimate of drug-likeness (QED) is 0.553. The van der Waals surface area contributed by atoms with E-state index in [2.05, 4.69) is 56.9 Å². The first kappa shape index (κ1) is 14.8. The Kier molecular flexibility index (Phi) is 6.51. The molecule has 0 bridgehead atoms. The van der Waals surface area contributed by atoms with Gasteiger partial charge >= 0.3 is 0 Å². The van der Waals surface area contributed by atoms with Crippen molar-refractivity contribution in [3.05, 3.63) is 48.2 Å². The molecule has 2 heteroatoms. The third-order valence-electron chi connectivity index (χ3n) is 3.11. The average molecular weight is 247 g/mol. The van der Waals surface area contributed by atoms with Crippen LogP contribution in [0, 0.1) is 0 Å². The lowest BCUT2D eigenvalue weighted by atomic mass is 9.99. The van der Waals surface area contributed by atoms with Crippen molar-refractivity contribution in [2.45, 2.75) is 39.2 Å². The summed E-state index contributed by atoms with van der Waals surface area (Å²) in [7, 11) is 0. The van der Waals surface area contributed by atoms with Gasteiger partial charge < -0.3 is 10.1 Å². The number of hydrogen-bond donors (Lipinski definition) is 1. The minimum Gasteiger partial charge on any atom is -0.502 e. The van der Waals surface area contributed by atoms with Crippen molar-refractivity contribution < 1.29 is 4.74 Å². The summed E-state index contributed by atoms with van der Waals surface area (Å²) < 4.78 is 5.09. The standard InChI is InChI=1S/C16H25NO/c1-5-18-12-6-11-17-14(4)16-9-7-15(8-10-16)13(2)3/h5,7-10,13-14,17H,1,6,11-12H2,2-4H3. The fourth-order valence-corrected chi connectivity index (χ4v) is 1.84. The fraction of sp³-hybridized carbons (Fsp3) is 0.500. The Labute approximate surface area is 111 Å². The molecule has 0 aliphatic rings. The molecule has 1 rings (SSSR count). The van der Waals surface area contributed by atoms with Crippen LogP contribution in [-0.2, 0) is 4.74 Å². The molecule has 18 heavy (non-hydrogen) atoms. The van der Waals surface area contributed by atoms with Gasteiger partial charge in [0.25, 0.3) is 0 Å². The summed E-state index contributed by atoms with van der Waals surface area (Å²) in [6, 6.07) is 9.26. The van der Waals surface area contributed by atoms with Crippen molar-refractivity contribution >= 4 is 0 Å². The number of ether oxygens (including phenoxy) is 1. The Balaban J connectivity index is 2.36. The van der Waals surface area contributed by atoms with E-state index in [1.54, 1.807) is 0 Å². The maximum atomic E-state index is 5.09. The summed E-state index contributed by atoms with van der Waals surface area (Å²) in [5.74, 6) is 0.596. The van der Waals surface area contributed by atoms with Gasteiger partial charge in [0.1, 0.15) is 0 Å². The lowest BCUT2D eigenvalue weighted by molar-refractivity contribution is 0.243. The van der Waals surface area contributed by atoms with Gasteiger partial charge in [-0.1, -0.05) is 44.7 Å². The van der Waals surface area contributed by atoms with Crippen molar-refractivity contribution in [3.8, 4) is 0 Å². The van der Waals surface area contributed by atoms with Crippen LogP contribution in [0.3, 0.4) is 0 Å². The van der Waals surface area contributed by atoms with Crippen molar-refractivity contribution in [3.63, 3.8) is 0 Å². The van der Waals surface area contributed by atoms with Crippen LogP contribution in [0.1, 0.15) is 50.3 Å². The molecule has 0 radical (unpaired) electrons. The second kappa shape index (κ2) is 7.93. The Hall–Kier alpha value is -1.28. The first-order valence-corrected chi connectivity index (χ1v) is 6.71. The zero-order valence-electron chi connectivity index (χ0n) is 11.8. The molecule has 0 heterocycles. The van der Waals surface area contributed by atoms with E-state index in [1.165, 1.54) is 17.4 Å². The third-order valence-corrected chi connectivity index (χ3v) is 3.11. The van der Waals surface area contributed by atoms with E-state index >= 15 is 0 Å². The van der Waals surface area contributed by atoms with Gasteiger partial charge in [-0.2, -0.15) is 0 Å². The first-order chi connectivity index (χ1) is 8.65. The predicted molar refractivity (Wildman–Crippen MR) is 77.7 cm³/mol. The Morgan fingerprint density at radius 2 is 1.78 bits per heavy atom. The topological polar surface area (TPSA) is 21.3 Å². The smallest absolute Gasteiger partial charge is 0.0885 e. The molecule has 100 valence electrons. The first-order valence-electron chi connectivity index (χ1n) is 6.71. The van der Waals surface area contributed by atoms with Crippen LogP contribution in [-0.4, -0.2) is 13.2 Å². The van der Waals surface area contributed by atoms with E-state index < -0.39 is 0 Å². The van der Waals surface area contributed by atoms with E-state index in [9.17, 15) is 0 Å². The molecule has 1 N–H and O–H groups in total. The van der Waals surface area contributed by atoms with Gasteiger partial charge in [-0.15, -0.1) is 0 Å². The second-order valence-electron chi connectivity index (χ2n) is 4.89. The summed E-state index contributed by atoms with van der Waals surface area (Å²) in [5, 5.41) is 3.49. The van der Waals surface area contributed by atoms with Gasteiger partial charge in [0, 0.05) is 6.04 Å². The summed E-state index contributed by atoms with van der Waals surface area (Å²) >= 11 is 0. The van der Waals surface area contributed by atoms with Crippen molar-refractivity contribution in [2.24, 2.45) is 0 Å². The Morgan fingerprint density at radius 3 is 2.33 bits per heavy atom. The molecular weight excluding hydrogens is 222 g/mol. The van der Waals surface area contributed by atoms with Gasteiger partial charge in [0.15, 0.2) is 0 Å². The zero-order valence-corrected chi connectivity index (χ0v) is 11.8. The van der Waals surface area contributed by atoms with Crippen molar-refractivity contribution in [1.29, 1.82) is 0 Å². The largest absolute Gasteiger partial charge is 0.502 e. The molecule has 0 saturated carbocycles. The van der Waals surface area contributed by atoms with Crippen LogP contribution in [0.25, 0.3) is 0 Å². The molecule has 0 saturated heterocycles. The van der Waals surface area contributed by atoms with Gasteiger partial charge in [-0.25, -0.2) is 0 Å². The number of nitrogens with one attached hydrogen (secondary N) is 1. The van der Waals surface area contributed by atoms with Gasteiger partial charge in [0.2, 0.25) is 0 Å². The second-order valence-corrected chi connectivity index (χ2v) is 4.89. The number of hydrogen-bond acceptors (Lipinski definition) is 2. The molecule has 1 aromatic carbocycles. The van der Waals surface area contributed by atoms with Gasteiger partial charge in [-0.3, -0.25) is 0 Å². The van der Waals surface area contributed by atoms with Crippen LogP contribution >= 0.6 is 0 Å². The molecular formula is C16H25NO. The molecule has 0 aliphatic carbocycles. The molecule has 0 aliphatic heterocycles. The van der Waals surface area contributed by atoms with Crippen LogP contribution in [0.5, 0.6) is 0 Å². The van der Waals surface area contributed by atoms with Crippen LogP contribution < -0.4 is 5.32 Å². The van der Waals surface area contributed by atoms with Gasteiger partial charge in [-0.05, 0) is 36.9 Å². The van der Waals surface area contributed by atoms with Crippen LogP contribution in [0.4, 0.5) is 0 Å². The fourth-order valence-electron chi connectivity index (χ4n) is 1.84. The number of rotatable bonds is 8. The molecule has 0 aromatic heterocycles. The SMILES string of the molecule is C=COCCCNC(C)c1ccc(C(C)C)cc1. The highest BCUT2D eigenvalue weighted by Gasteiger charge is 2.05. The molecule has 1 unspecified atom stereocenters. The highest BCUT2D eigenvalue weighted by molar-refractivity contribution is 5.26. The summed E-state index contributed by atoms with van der Waals surface area (Å²) in [5.41, 5.74) is 2.73. The summed E-state index contributed by atoms with van der Waals surface area (Å²) in [4.78, 5) is 0. The molecule has 2 nitrogen and oxygen atoms in total. The molecule has 0 fully saturated rings. The third kappa shape index (κ3) is 4.92. The highest BCUT2D eigenvalue weighted by Crippen LogP contribution is 2.18. The predicted octanol–water partition coefficient (Wildman–Crippen LogP) is 4.01. The molecule has 1 atom stereocenters. The van der Waals surface area contributed by atoms with Gasteiger partial charge in [0.05, 0.1) is 12.9 Å². The minimum atomic E-state index is 0.384. The van der Waals surface area contributed by atoms with E-state index in [0.29, 0.717) is 12.0 Å². The van der Waals surface area contributed by atoms with E-state index in [0.717, 1.165) is 19.6 Å². The van der Waals surface area contributed by atoms with E-state index in [-0.39, 0.29) is 0 Å². The lowest BCUT2D eigenvalue weighted by Gasteiger charge is -2.15. The van der Waals surface area contributed by atoms with Crippen molar-refractivity contribution in [2.75, 3.05) is 13.2 Å².